The van der Waals surface area contributed by atoms with Crippen molar-refractivity contribution in [2.45, 2.75) is 115 Å². The Morgan fingerprint density at radius 3 is 1.89 bits per heavy atom. The van der Waals surface area contributed by atoms with Crippen molar-refractivity contribution in [1.29, 1.82) is 0 Å². The number of nitrogens with one attached hydrogen (secondary N) is 3. The number of amides is 3. The Kier molecular flexibility index (Phi) is 27.0. The number of hydrogen-bond donors (Lipinski definition) is 6. The molecule has 3 amide bonds. The van der Waals surface area contributed by atoms with E-state index < -0.39 is 76.2 Å². The zero-order valence-electron chi connectivity index (χ0n) is 81.7. The third kappa shape index (κ3) is 19.7. The number of nitrogen functional groups attached to an aromatic ring is 1. The van der Waals surface area contributed by atoms with Gasteiger partial charge in [0.1, 0.15) is 59.2 Å². The lowest BCUT2D eigenvalue weighted by Crippen LogP contribution is -2.49. The van der Waals surface area contributed by atoms with E-state index in [0.29, 0.717) is 102 Å². The zero-order valence-corrected chi connectivity index (χ0v) is 84.3. The number of allylic oxidation sites excluding steroid dienone is 2. The standard InChI is InChI=1S/C108H103N15O19P2S/c1-15-122-83-52-87-80(50-77(83)61(3)54-107(122,5)6)92(81-51-78-62(4)55-108(7,8)123(16-2)84(78)53-88(81)140-87)93-94(106(131)132)95(118-42-35-68(36-43-118)115(9)10)97(120-46-39-70(40-47-120)117(13)14)99(96(93)119-44-37-69(38-45-119)116(11)12)145-73-28-23-65(24-29-73)102(126)111-56-63-19-21-64(22-20-63)103(127)112-57-82-85(125)33-32-76-91(75-31-26-71(124)49-86(75)141-98(76)82)79-48-66(25-30-74(79)105(129)130)104(128)110-41-17-18-67-58-121(101-90(67)100(109)113-60-114-101)89-34-27-72(139-89)59-138-144(136,137)142-143(133,134)135/h19-26,28-33,35-40,42-55,58,60,72,89H,15-16,27,34,41,56-57,59H2,1-14H3,(H7-4,109,110,111,112,113,114,124,125,126,127,128,129,130,131,132,133,134,135,136,137). The van der Waals surface area contributed by atoms with Crippen molar-refractivity contribution < 1.29 is 99.5 Å². The van der Waals surface area contributed by atoms with Gasteiger partial charge in [-0.1, -0.05) is 47.9 Å². The van der Waals surface area contributed by atoms with Crippen molar-refractivity contribution in [2.75, 3.05) is 93.9 Å². The smallest absolute Gasteiger partial charge is 0.304 e. The fraction of sp³-hybridized carbons (Fsp3) is 0.241. The number of phenols is 1. The minimum atomic E-state index is -5.68. The van der Waals surface area contributed by atoms with Crippen molar-refractivity contribution in [3.8, 4) is 68.6 Å². The summed E-state index contributed by atoms with van der Waals surface area (Å²) in [4.78, 5) is 136. The number of aromatic hydroxyl groups is 1. The molecule has 4 atom stereocenters. The van der Waals surface area contributed by atoms with Crippen LogP contribution in [0.5, 0.6) is 17.2 Å². The van der Waals surface area contributed by atoms with Gasteiger partial charge in [0.25, 0.3) is 39.1 Å². The maximum atomic E-state index is 15.7. The number of ether oxygens (including phenoxy) is 2. The first-order valence-corrected chi connectivity index (χ1v) is 50.5. The second kappa shape index (κ2) is 39.3. The van der Waals surface area contributed by atoms with E-state index in [-0.39, 0.29) is 109 Å². The molecule has 1 aliphatic carbocycles. The largest absolute Gasteiger partial charge is 0.756 e. The number of phosphoric acid groups is 2. The summed E-state index contributed by atoms with van der Waals surface area (Å²) in [7, 11) is 0.572. The average molecular weight is 2010 g/mol. The first-order valence-electron chi connectivity index (χ1n) is 46.7. The number of anilines is 5. The van der Waals surface area contributed by atoms with Crippen LogP contribution in [0.4, 0.5) is 28.6 Å². The number of carboxylic acids is 2. The Labute approximate surface area is 838 Å². The first kappa shape index (κ1) is 99.7. The van der Waals surface area contributed by atoms with Crippen molar-refractivity contribution in [1.82, 2.24) is 35.1 Å². The summed E-state index contributed by atoms with van der Waals surface area (Å²) in [5.74, 6) is 1.80. The number of nitrogens with two attached hydrogens (primary N) is 1. The minimum absolute atomic E-state index is 0.00484. The van der Waals surface area contributed by atoms with Crippen LogP contribution in [0.15, 0.2) is 239 Å². The maximum absolute atomic E-state index is 15.7. The summed E-state index contributed by atoms with van der Waals surface area (Å²) in [5.41, 5.74) is 16.9. The normalized spacial score (nSPS) is 15.7. The Morgan fingerprint density at radius 2 is 1.27 bits per heavy atom. The fourth-order valence-corrected chi connectivity index (χ4v) is 22.4. The molecular weight excluding hydrogens is 1910 g/mol. The van der Waals surface area contributed by atoms with Crippen LogP contribution in [0.1, 0.15) is 165 Å². The number of phosphoric ester groups is 1. The summed E-state index contributed by atoms with van der Waals surface area (Å²) < 4.78 is 61.0. The number of pyridine rings is 3. The molecule has 6 aliphatic rings. The third-order valence-electron chi connectivity index (χ3n) is 26.5. The topological polar surface area (TPSA) is 440 Å². The zero-order chi connectivity index (χ0) is 103. The summed E-state index contributed by atoms with van der Waals surface area (Å²) >= 11 is 1.40. The number of rotatable bonds is 28. The molecule has 7 aromatic carbocycles. The number of carbonyl (C=O) groups is 5. The average Bonchev–Trinajstić information content (AvgIpc) is 0.734. The van der Waals surface area contributed by atoms with E-state index in [2.05, 4.69) is 148 Å². The van der Waals surface area contributed by atoms with Crippen LogP contribution in [0.3, 0.4) is 0 Å². The van der Waals surface area contributed by atoms with Gasteiger partial charge in [0.15, 0.2) is 53.0 Å². The van der Waals surface area contributed by atoms with Gasteiger partial charge >= 0.3 is 5.69 Å². The summed E-state index contributed by atoms with van der Waals surface area (Å²) in [5, 5.41) is 50.5. The van der Waals surface area contributed by atoms with Gasteiger partial charge in [-0.25, -0.2) is 18.9 Å². The number of hydrogen-bond acceptors (Lipinski definition) is 26. The molecule has 5 aromatic heterocycles. The summed E-state index contributed by atoms with van der Waals surface area (Å²) in [6.07, 6.45) is 17.7. The molecule has 4 unspecified atom stereocenters. The van der Waals surface area contributed by atoms with E-state index in [4.69, 9.17) is 24.5 Å². The van der Waals surface area contributed by atoms with E-state index in [1.165, 1.54) is 66.6 Å². The number of phenolic OH excluding ortho intramolecular Hbond substituents is 1. The lowest BCUT2D eigenvalue weighted by Gasteiger charge is -2.43. The molecule has 7 N–H and O–H groups in total. The van der Waals surface area contributed by atoms with Crippen LogP contribution in [-0.4, -0.2) is 140 Å². The predicted molar refractivity (Wildman–Crippen MR) is 541 cm³/mol. The molecule has 1 saturated heterocycles. The molecule has 740 valence electrons. The highest BCUT2D eigenvalue weighted by Gasteiger charge is 2.46. The monoisotopic (exact) mass is 2010 g/mol. The SMILES string of the molecule is CCN1c2cc3c(cc2C(C)=CC1(C)C)C(c1c(C(=O)[O-])c(-[n+]2ccc(N(C)C)cc2)c(-[n+]2ccc(N(C)C)cc2)c(Sc2ccc(C(=O)NCc4ccc(C(=O)NCc5c6oc7cc(O)ccc7c(-c7cc(C(=O)NCC#Cc8cn(C9CCC(COP(=O)([O-])OP(=O)([O-])O)O9)c9ncnc(N)c89)ccc7C(=O)[O-])c-6ccc5=O)cc4)cc2)c1-[n+]1ccc(N(C)C)cc1)=c1cc2c(cc1O3)=[N+](CC)C(C)(C)C=C2C. The second-order valence-electron chi connectivity index (χ2n) is 37.4. The van der Waals surface area contributed by atoms with Gasteiger partial charge in [0, 0.05) is 218 Å². The Balaban J connectivity index is 0.640. The Morgan fingerprint density at radius 1 is 0.655 bits per heavy atom. The van der Waals surface area contributed by atoms with E-state index in [1.54, 1.807) is 47.2 Å². The third-order valence-corrected chi connectivity index (χ3v) is 29.7. The van der Waals surface area contributed by atoms with Crippen LogP contribution < -0.4 is 100 Å². The Hall–Kier alpha value is -15.5. The van der Waals surface area contributed by atoms with Gasteiger partial charge in [-0.2, -0.15) is 13.7 Å². The molecule has 34 nitrogen and oxygen atoms in total. The number of aromatic nitrogens is 6. The predicted octanol–water partition coefficient (Wildman–Crippen LogP) is 9.87. The van der Waals surface area contributed by atoms with E-state index >= 15 is 9.90 Å². The molecule has 18 rings (SSSR count). The molecule has 12 aromatic rings. The van der Waals surface area contributed by atoms with Crippen LogP contribution in [0.2, 0.25) is 0 Å². The van der Waals surface area contributed by atoms with Crippen LogP contribution >= 0.6 is 27.4 Å². The van der Waals surface area contributed by atoms with Gasteiger partial charge in [-0.05, 0) is 168 Å². The van der Waals surface area contributed by atoms with Crippen LogP contribution in [0.25, 0.3) is 78.2 Å². The van der Waals surface area contributed by atoms with Crippen molar-refractivity contribution in [2.24, 2.45) is 0 Å². The number of fused-ring (bicyclic) bond motifs is 7. The van der Waals surface area contributed by atoms with Crippen LogP contribution in [-0.2, 0) is 35.8 Å². The summed E-state index contributed by atoms with van der Waals surface area (Å²) in [6, 6.07) is 44.6. The molecule has 5 aliphatic heterocycles. The van der Waals surface area contributed by atoms with Gasteiger partial charge in [-0.15, -0.1) is 0 Å². The molecule has 0 bridgehead atoms. The summed E-state index contributed by atoms with van der Waals surface area (Å²) in [6.45, 7) is 17.4. The number of benzene rings is 8. The van der Waals surface area contributed by atoms with E-state index in [9.17, 15) is 53.1 Å². The number of nitrogens with zero attached hydrogens (tertiary/aromatic N) is 11. The van der Waals surface area contributed by atoms with E-state index in [0.717, 1.165) is 50.4 Å². The van der Waals surface area contributed by atoms with Gasteiger partial charge in [0.2, 0.25) is 11.0 Å². The van der Waals surface area contributed by atoms with Gasteiger partial charge in [-0.3, -0.25) is 28.3 Å². The lowest BCUT2D eigenvalue weighted by atomic mass is 9.82. The molecule has 0 saturated carbocycles. The highest BCUT2D eigenvalue weighted by molar-refractivity contribution is 7.99. The number of aromatic carboxylic acids is 2. The maximum Gasteiger partial charge on any atom is 0.304 e. The quantitative estimate of drug-likeness (QED) is 0.0115. The molecular formula is C108H103N15O19P2S. The first-order chi connectivity index (χ1) is 69.0. The Bertz CT molecular complexity index is 8110. The van der Waals surface area contributed by atoms with Crippen molar-refractivity contribution >= 4 is 124 Å². The lowest BCUT2D eigenvalue weighted by molar-refractivity contribution is -0.637. The highest BCUT2D eigenvalue weighted by atomic mass is 32.2. The molecule has 37 heteroatoms. The molecule has 145 heavy (non-hydrogen) atoms. The van der Waals surface area contributed by atoms with Gasteiger partial charge < -0.3 is 104 Å². The fourth-order valence-electron chi connectivity index (χ4n) is 19.8. The molecule has 0 spiro atoms. The van der Waals surface area contributed by atoms with Crippen molar-refractivity contribution in [3.63, 3.8) is 0 Å². The number of carboxylic acid groups (broad SMARTS) is 2. The number of carbonyl (C=O) groups excluding carboxylic acids is 5. The van der Waals surface area contributed by atoms with Crippen molar-refractivity contribution in [3.05, 3.63) is 307 Å². The van der Waals surface area contributed by atoms with E-state index in [1.807, 2.05) is 156 Å². The van der Waals surface area contributed by atoms with Crippen LogP contribution in [0, 0.1) is 11.8 Å². The minimum Gasteiger partial charge on any atom is -0.756 e. The highest BCUT2D eigenvalue weighted by Crippen LogP contribution is 2.55. The molecule has 10 heterocycles. The van der Waals surface area contributed by atoms with Gasteiger partial charge in [0.05, 0.1) is 77.0 Å². The molecule has 1 fully saturated rings. The number of likely N-dealkylation sites (N-methyl/N-ethyl adjacent to an activating group) is 2. The molecule has 0 radical (unpaired) electrons. The second-order valence-corrected chi connectivity index (χ2v) is 41.3.